The predicted molar refractivity (Wildman–Crippen MR) is 90.6 cm³/mol. The van der Waals surface area contributed by atoms with Gasteiger partial charge in [-0.25, -0.2) is 0 Å². The number of amides is 1. The summed E-state index contributed by atoms with van der Waals surface area (Å²) >= 11 is 0. The third kappa shape index (κ3) is 3.99. The van der Waals surface area contributed by atoms with Gasteiger partial charge in [0.05, 0.1) is 12.2 Å². The van der Waals surface area contributed by atoms with E-state index in [1.807, 2.05) is 42.8 Å². The zero-order valence-corrected chi connectivity index (χ0v) is 13.8. The first-order valence-electron chi connectivity index (χ1n) is 8.23. The summed E-state index contributed by atoms with van der Waals surface area (Å²) in [6.45, 7) is 6.47. The van der Waals surface area contributed by atoms with Crippen LogP contribution >= 0.6 is 0 Å². The molecule has 1 aromatic carbocycles. The van der Waals surface area contributed by atoms with Crippen molar-refractivity contribution in [2.24, 2.45) is 0 Å². The monoisotopic (exact) mass is 312 g/mol. The summed E-state index contributed by atoms with van der Waals surface area (Å²) in [5, 5.41) is 10.9. The van der Waals surface area contributed by atoms with Crippen LogP contribution in [0.5, 0.6) is 0 Å². The fourth-order valence-corrected chi connectivity index (χ4v) is 3.07. The van der Waals surface area contributed by atoms with E-state index in [0.29, 0.717) is 24.7 Å². The summed E-state index contributed by atoms with van der Waals surface area (Å²) in [7, 11) is 0. The van der Waals surface area contributed by atoms with E-state index in [9.17, 15) is 4.79 Å². The van der Waals surface area contributed by atoms with Crippen LogP contribution in [0, 0.1) is 13.8 Å². The lowest BCUT2D eigenvalue weighted by Crippen LogP contribution is -2.37. The molecule has 1 aliphatic rings. The molecule has 1 atom stereocenters. The van der Waals surface area contributed by atoms with Crippen molar-refractivity contribution in [3.63, 3.8) is 0 Å². The number of aromatic nitrogens is 2. The number of nitrogens with zero attached hydrogens (tertiary/aromatic N) is 2. The van der Waals surface area contributed by atoms with Crippen molar-refractivity contribution in [1.82, 2.24) is 20.4 Å². The van der Waals surface area contributed by atoms with Gasteiger partial charge in [0.2, 0.25) is 0 Å². The standard InChI is InChI=1S/C18H24N4O/c1-13-9-14(2)22(21-13)12-15-5-3-6-16(10-15)18(23)20-11-17-7-4-8-19-17/h3,5-6,9-10,17,19H,4,7-8,11-12H2,1-2H3,(H,20,23). The van der Waals surface area contributed by atoms with Crippen molar-refractivity contribution in [2.45, 2.75) is 39.3 Å². The van der Waals surface area contributed by atoms with Crippen LogP contribution in [0.4, 0.5) is 0 Å². The maximum Gasteiger partial charge on any atom is 0.251 e. The predicted octanol–water partition coefficient (Wildman–Crippen LogP) is 2.03. The SMILES string of the molecule is Cc1cc(C)n(Cc2cccc(C(=O)NCC3CCCN3)c2)n1. The van der Waals surface area contributed by atoms with Gasteiger partial charge in [0.15, 0.2) is 0 Å². The molecule has 2 heterocycles. The van der Waals surface area contributed by atoms with Crippen molar-refractivity contribution in [3.8, 4) is 0 Å². The topological polar surface area (TPSA) is 59.0 Å². The van der Waals surface area contributed by atoms with Gasteiger partial charge in [0, 0.05) is 23.8 Å². The molecule has 1 amide bonds. The fourth-order valence-electron chi connectivity index (χ4n) is 3.07. The summed E-state index contributed by atoms with van der Waals surface area (Å²) in [4.78, 5) is 12.3. The number of benzene rings is 1. The van der Waals surface area contributed by atoms with Crippen LogP contribution in [-0.4, -0.2) is 34.8 Å². The summed E-state index contributed by atoms with van der Waals surface area (Å²) in [6, 6.07) is 10.3. The van der Waals surface area contributed by atoms with E-state index in [1.54, 1.807) is 0 Å². The van der Waals surface area contributed by atoms with Crippen molar-refractivity contribution >= 4 is 5.91 Å². The van der Waals surface area contributed by atoms with Gasteiger partial charge >= 0.3 is 0 Å². The van der Waals surface area contributed by atoms with Crippen LogP contribution in [0.3, 0.4) is 0 Å². The van der Waals surface area contributed by atoms with Crippen LogP contribution in [0.1, 0.15) is 40.2 Å². The normalized spacial score (nSPS) is 17.4. The third-order valence-corrected chi connectivity index (χ3v) is 4.30. The molecule has 2 N–H and O–H groups in total. The average molecular weight is 312 g/mol. The van der Waals surface area contributed by atoms with Crippen molar-refractivity contribution in [2.75, 3.05) is 13.1 Å². The summed E-state index contributed by atoms with van der Waals surface area (Å²) in [5.74, 6) is -0.00563. The highest BCUT2D eigenvalue weighted by molar-refractivity contribution is 5.94. The summed E-state index contributed by atoms with van der Waals surface area (Å²) in [6.07, 6.45) is 2.33. The molecule has 1 aromatic heterocycles. The molecule has 2 aromatic rings. The highest BCUT2D eigenvalue weighted by Crippen LogP contribution is 2.10. The molecule has 0 radical (unpaired) electrons. The Morgan fingerprint density at radius 2 is 2.26 bits per heavy atom. The number of aryl methyl sites for hydroxylation is 2. The molecule has 0 aliphatic carbocycles. The summed E-state index contributed by atoms with van der Waals surface area (Å²) in [5.41, 5.74) is 3.94. The van der Waals surface area contributed by atoms with E-state index in [1.165, 1.54) is 6.42 Å². The first kappa shape index (κ1) is 15.7. The van der Waals surface area contributed by atoms with Gasteiger partial charge in [-0.15, -0.1) is 0 Å². The molecule has 1 aliphatic heterocycles. The van der Waals surface area contributed by atoms with Crippen molar-refractivity contribution in [1.29, 1.82) is 0 Å². The maximum atomic E-state index is 12.3. The Bertz CT molecular complexity index is 686. The maximum absolute atomic E-state index is 12.3. The number of rotatable bonds is 5. The number of hydrogen-bond donors (Lipinski definition) is 2. The van der Waals surface area contributed by atoms with Crippen LogP contribution in [-0.2, 0) is 6.54 Å². The Balaban J connectivity index is 1.64. The molecule has 0 bridgehead atoms. The lowest BCUT2D eigenvalue weighted by molar-refractivity contribution is 0.0950. The Labute approximate surface area is 137 Å². The van der Waals surface area contributed by atoms with Crippen molar-refractivity contribution in [3.05, 3.63) is 52.8 Å². The van der Waals surface area contributed by atoms with Gasteiger partial charge in [-0.2, -0.15) is 5.10 Å². The molecular formula is C18H24N4O. The zero-order valence-electron chi connectivity index (χ0n) is 13.8. The lowest BCUT2D eigenvalue weighted by atomic mass is 10.1. The molecule has 1 fully saturated rings. The van der Waals surface area contributed by atoms with E-state index >= 15 is 0 Å². The van der Waals surface area contributed by atoms with Crippen LogP contribution in [0.2, 0.25) is 0 Å². The molecule has 122 valence electrons. The molecule has 3 rings (SSSR count). The zero-order chi connectivity index (χ0) is 16.2. The van der Waals surface area contributed by atoms with E-state index in [2.05, 4.69) is 21.8 Å². The lowest BCUT2D eigenvalue weighted by Gasteiger charge is -2.12. The second-order valence-corrected chi connectivity index (χ2v) is 6.29. The number of carbonyl (C=O) groups excluding carboxylic acids is 1. The molecule has 1 saturated heterocycles. The molecule has 0 saturated carbocycles. The van der Waals surface area contributed by atoms with Gasteiger partial charge in [0.25, 0.3) is 5.91 Å². The molecule has 5 heteroatoms. The molecule has 0 spiro atoms. The van der Waals surface area contributed by atoms with Gasteiger partial charge < -0.3 is 10.6 Å². The number of hydrogen-bond acceptors (Lipinski definition) is 3. The highest BCUT2D eigenvalue weighted by Gasteiger charge is 2.15. The van der Waals surface area contributed by atoms with Crippen LogP contribution in [0.25, 0.3) is 0 Å². The number of carbonyl (C=O) groups is 1. The Kier molecular flexibility index (Phi) is 4.76. The minimum Gasteiger partial charge on any atom is -0.350 e. The summed E-state index contributed by atoms with van der Waals surface area (Å²) < 4.78 is 1.97. The average Bonchev–Trinajstić information content (AvgIpc) is 3.15. The minimum atomic E-state index is -0.00563. The van der Waals surface area contributed by atoms with E-state index in [4.69, 9.17) is 0 Å². The Morgan fingerprint density at radius 1 is 1.39 bits per heavy atom. The molecule has 1 unspecified atom stereocenters. The van der Waals surface area contributed by atoms with Gasteiger partial charge in [0.1, 0.15) is 0 Å². The smallest absolute Gasteiger partial charge is 0.251 e. The van der Waals surface area contributed by atoms with Gasteiger partial charge in [-0.1, -0.05) is 12.1 Å². The Morgan fingerprint density at radius 3 is 2.96 bits per heavy atom. The fraction of sp³-hybridized carbons (Fsp3) is 0.444. The van der Waals surface area contributed by atoms with Gasteiger partial charge in [-0.3, -0.25) is 9.48 Å². The largest absolute Gasteiger partial charge is 0.350 e. The number of nitrogens with one attached hydrogen (secondary N) is 2. The Hall–Kier alpha value is -2.14. The van der Waals surface area contributed by atoms with E-state index < -0.39 is 0 Å². The van der Waals surface area contributed by atoms with Gasteiger partial charge in [-0.05, 0) is 57.0 Å². The van der Waals surface area contributed by atoms with Crippen molar-refractivity contribution < 1.29 is 4.79 Å². The van der Waals surface area contributed by atoms with Crippen LogP contribution in [0.15, 0.2) is 30.3 Å². The van der Waals surface area contributed by atoms with E-state index in [0.717, 1.165) is 29.9 Å². The second-order valence-electron chi connectivity index (χ2n) is 6.29. The third-order valence-electron chi connectivity index (χ3n) is 4.30. The molecule has 5 nitrogen and oxygen atoms in total. The minimum absolute atomic E-state index is 0.00563. The quantitative estimate of drug-likeness (QED) is 0.888. The first-order chi connectivity index (χ1) is 11.1. The van der Waals surface area contributed by atoms with Crippen LogP contribution < -0.4 is 10.6 Å². The first-order valence-corrected chi connectivity index (χ1v) is 8.23. The molecular weight excluding hydrogens is 288 g/mol. The second kappa shape index (κ2) is 6.96. The highest BCUT2D eigenvalue weighted by atomic mass is 16.1. The van der Waals surface area contributed by atoms with E-state index in [-0.39, 0.29) is 5.91 Å². The molecule has 23 heavy (non-hydrogen) atoms.